The number of hydrogen-bond acceptors (Lipinski definition) is 3. The number of carbonyl (C=O) groups is 1. The molecule has 0 atom stereocenters. The Balaban J connectivity index is 2.25. The van der Waals surface area contributed by atoms with Gasteiger partial charge in [-0.2, -0.15) is 16.6 Å². The number of rotatable bonds is 2. The molecule has 0 aliphatic heterocycles. The first-order valence-corrected chi connectivity index (χ1v) is 6.32. The van der Waals surface area contributed by atoms with Crippen molar-refractivity contribution < 1.29 is 4.79 Å². The molecule has 4 heteroatoms. The van der Waals surface area contributed by atoms with Crippen LogP contribution in [0.2, 0.25) is 0 Å². The Morgan fingerprint density at radius 1 is 1.33 bits per heavy atom. The van der Waals surface area contributed by atoms with Gasteiger partial charge in [-0.05, 0) is 29.6 Å². The molecular formula is C14H8N2OS. The fourth-order valence-electron chi connectivity index (χ4n) is 1.96. The minimum Gasteiger partial charge on any atom is -0.312 e. The number of fused-ring (bicyclic) bond motifs is 1. The number of hydrogen-bond donors (Lipinski definition) is 0. The van der Waals surface area contributed by atoms with Gasteiger partial charge >= 0.3 is 0 Å². The van der Waals surface area contributed by atoms with E-state index in [1.54, 1.807) is 22.7 Å². The third kappa shape index (κ3) is 1.53. The lowest BCUT2D eigenvalue weighted by molar-refractivity contribution is 0.103. The van der Waals surface area contributed by atoms with Crippen molar-refractivity contribution in [3.63, 3.8) is 0 Å². The molecule has 0 saturated carbocycles. The maximum atomic E-state index is 12.3. The zero-order valence-electron chi connectivity index (χ0n) is 9.33. The van der Waals surface area contributed by atoms with Crippen LogP contribution in [0.5, 0.6) is 0 Å². The van der Waals surface area contributed by atoms with Crippen LogP contribution in [0.15, 0.2) is 47.3 Å². The van der Waals surface area contributed by atoms with Crippen molar-refractivity contribution in [3.05, 3.63) is 64.1 Å². The van der Waals surface area contributed by atoms with Crippen molar-refractivity contribution in [3.8, 4) is 6.07 Å². The molecule has 0 bridgehead atoms. The van der Waals surface area contributed by atoms with Crippen LogP contribution in [0.25, 0.3) is 5.52 Å². The van der Waals surface area contributed by atoms with E-state index in [1.807, 2.05) is 29.0 Å². The van der Waals surface area contributed by atoms with Gasteiger partial charge < -0.3 is 4.40 Å². The molecule has 0 saturated heterocycles. The first-order valence-electron chi connectivity index (χ1n) is 5.38. The van der Waals surface area contributed by atoms with Gasteiger partial charge in [0.05, 0.1) is 16.8 Å². The predicted molar refractivity (Wildman–Crippen MR) is 69.9 cm³/mol. The summed E-state index contributed by atoms with van der Waals surface area (Å²) in [5.41, 5.74) is 2.47. The molecule has 0 spiro atoms. The van der Waals surface area contributed by atoms with Crippen LogP contribution in [-0.2, 0) is 0 Å². The summed E-state index contributed by atoms with van der Waals surface area (Å²) < 4.78 is 1.76. The smallest absolute Gasteiger partial charge is 0.210 e. The molecule has 3 aromatic rings. The highest BCUT2D eigenvalue weighted by molar-refractivity contribution is 7.08. The average Bonchev–Trinajstić information content (AvgIpc) is 3.05. The Morgan fingerprint density at radius 3 is 2.94 bits per heavy atom. The quantitative estimate of drug-likeness (QED) is 0.658. The molecule has 86 valence electrons. The lowest BCUT2D eigenvalue weighted by atomic mass is 10.1. The third-order valence-electron chi connectivity index (χ3n) is 2.81. The molecule has 3 aromatic heterocycles. The zero-order valence-corrected chi connectivity index (χ0v) is 10.1. The van der Waals surface area contributed by atoms with E-state index in [2.05, 4.69) is 6.07 Å². The van der Waals surface area contributed by atoms with Crippen LogP contribution < -0.4 is 0 Å². The van der Waals surface area contributed by atoms with E-state index in [9.17, 15) is 4.79 Å². The van der Waals surface area contributed by atoms with Crippen LogP contribution in [0.4, 0.5) is 0 Å². The van der Waals surface area contributed by atoms with Gasteiger partial charge in [-0.3, -0.25) is 4.79 Å². The number of ketones is 1. The van der Waals surface area contributed by atoms with Crippen LogP contribution in [-0.4, -0.2) is 10.2 Å². The highest BCUT2D eigenvalue weighted by atomic mass is 32.1. The molecule has 0 N–H and O–H groups in total. The van der Waals surface area contributed by atoms with Crippen molar-refractivity contribution in [2.24, 2.45) is 0 Å². The maximum absolute atomic E-state index is 12.3. The fourth-order valence-corrected chi connectivity index (χ4v) is 2.59. The fraction of sp³-hybridized carbons (Fsp3) is 0. The molecule has 0 amide bonds. The van der Waals surface area contributed by atoms with Gasteiger partial charge in [0, 0.05) is 17.1 Å². The molecule has 3 heterocycles. The highest BCUT2D eigenvalue weighted by Crippen LogP contribution is 2.20. The Labute approximate surface area is 108 Å². The minimum atomic E-state index is -0.0565. The summed E-state index contributed by atoms with van der Waals surface area (Å²) >= 11 is 1.49. The number of carbonyl (C=O) groups excluding carboxylic acids is 1. The SMILES string of the molecule is N#Cc1cc(C(=O)c2ccsc2)n2ccccc12. The number of nitriles is 1. The topological polar surface area (TPSA) is 45.3 Å². The molecule has 3 rings (SSSR count). The first-order chi connectivity index (χ1) is 8.81. The molecule has 0 unspecified atom stereocenters. The molecule has 0 aliphatic carbocycles. The second kappa shape index (κ2) is 4.13. The van der Waals surface area contributed by atoms with Crippen LogP contribution >= 0.6 is 11.3 Å². The van der Waals surface area contributed by atoms with E-state index in [0.29, 0.717) is 16.8 Å². The van der Waals surface area contributed by atoms with Gasteiger partial charge in [0.15, 0.2) is 0 Å². The predicted octanol–water partition coefficient (Wildman–Crippen LogP) is 3.10. The Hall–Kier alpha value is -2.38. The van der Waals surface area contributed by atoms with Crippen molar-refractivity contribution in [1.29, 1.82) is 5.26 Å². The second-order valence-corrected chi connectivity index (χ2v) is 4.63. The van der Waals surface area contributed by atoms with Gasteiger partial charge in [0.2, 0.25) is 5.78 Å². The van der Waals surface area contributed by atoms with E-state index in [-0.39, 0.29) is 5.78 Å². The third-order valence-corrected chi connectivity index (χ3v) is 3.50. The molecule has 3 nitrogen and oxygen atoms in total. The molecule has 0 aromatic carbocycles. The van der Waals surface area contributed by atoms with E-state index >= 15 is 0 Å². The number of aromatic nitrogens is 1. The number of pyridine rings is 1. The van der Waals surface area contributed by atoms with E-state index in [1.165, 1.54) is 11.3 Å². The number of nitrogens with zero attached hydrogens (tertiary/aromatic N) is 2. The molecule has 0 fully saturated rings. The van der Waals surface area contributed by atoms with E-state index < -0.39 is 0 Å². The summed E-state index contributed by atoms with van der Waals surface area (Å²) in [7, 11) is 0. The van der Waals surface area contributed by atoms with E-state index in [4.69, 9.17) is 5.26 Å². The van der Waals surface area contributed by atoms with Crippen molar-refractivity contribution in [2.45, 2.75) is 0 Å². The lowest BCUT2D eigenvalue weighted by Crippen LogP contribution is -2.03. The summed E-state index contributed by atoms with van der Waals surface area (Å²) in [6.07, 6.45) is 1.80. The lowest BCUT2D eigenvalue weighted by Gasteiger charge is -1.99. The van der Waals surface area contributed by atoms with Crippen LogP contribution in [0, 0.1) is 11.3 Å². The van der Waals surface area contributed by atoms with Crippen molar-refractivity contribution in [2.75, 3.05) is 0 Å². The minimum absolute atomic E-state index is 0.0565. The van der Waals surface area contributed by atoms with Gasteiger partial charge in [-0.1, -0.05) is 6.07 Å². The van der Waals surface area contributed by atoms with Crippen molar-refractivity contribution in [1.82, 2.24) is 4.40 Å². The summed E-state index contributed by atoms with van der Waals surface area (Å²) in [5, 5.41) is 12.8. The molecule has 0 aliphatic rings. The normalized spacial score (nSPS) is 10.4. The first kappa shape index (κ1) is 10.8. The largest absolute Gasteiger partial charge is 0.312 e. The van der Waals surface area contributed by atoms with Crippen LogP contribution in [0.3, 0.4) is 0 Å². The Kier molecular flexibility index (Phi) is 2.47. The van der Waals surface area contributed by atoms with Gasteiger partial charge in [0.1, 0.15) is 6.07 Å². The summed E-state index contributed by atoms with van der Waals surface area (Å²) in [5.74, 6) is -0.0565. The Morgan fingerprint density at radius 2 is 2.22 bits per heavy atom. The summed E-state index contributed by atoms with van der Waals surface area (Å²) in [6, 6.07) is 11.1. The zero-order chi connectivity index (χ0) is 12.5. The monoisotopic (exact) mass is 252 g/mol. The van der Waals surface area contributed by atoms with Gasteiger partial charge in [0.25, 0.3) is 0 Å². The molecule has 18 heavy (non-hydrogen) atoms. The maximum Gasteiger partial charge on any atom is 0.210 e. The van der Waals surface area contributed by atoms with Crippen molar-refractivity contribution >= 4 is 22.6 Å². The van der Waals surface area contributed by atoms with Crippen LogP contribution in [0.1, 0.15) is 21.6 Å². The summed E-state index contributed by atoms with van der Waals surface area (Å²) in [6.45, 7) is 0. The standard InChI is InChI=1S/C14H8N2OS/c15-8-11-7-13(14(17)10-4-6-18-9-10)16-5-2-1-3-12(11)16/h1-7,9H. The Bertz CT molecular complexity index is 763. The van der Waals surface area contributed by atoms with Gasteiger partial charge in [-0.15, -0.1) is 0 Å². The molecule has 0 radical (unpaired) electrons. The average molecular weight is 252 g/mol. The second-order valence-electron chi connectivity index (χ2n) is 3.85. The highest BCUT2D eigenvalue weighted by Gasteiger charge is 2.16. The van der Waals surface area contributed by atoms with E-state index in [0.717, 1.165) is 5.52 Å². The number of thiophene rings is 1. The van der Waals surface area contributed by atoms with Gasteiger partial charge in [-0.25, -0.2) is 0 Å². The molecular weight excluding hydrogens is 244 g/mol. The summed E-state index contributed by atoms with van der Waals surface area (Å²) in [4.78, 5) is 12.3.